The molecule has 0 amide bonds. The zero-order chi connectivity index (χ0) is 25.5. The van der Waals surface area contributed by atoms with Gasteiger partial charge in [-0.1, -0.05) is 36.4 Å². The average Bonchev–Trinajstić information content (AvgIpc) is 3.45. The number of anilines is 1. The number of piperazine rings is 1. The SMILES string of the molecule is COc1ccc(N2CCN(CCCN[C@@H](c3nnc(-c4ccccc4)o3)c3ccccc3F)CC2)cc1. The molecule has 0 spiro atoms. The van der Waals surface area contributed by atoms with Crippen molar-refractivity contribution in [2.45, 2.75) is 12.5 Å². The van der Waals surface area contributed by atoms with Crippen molar-refractivity contribution in [1.29, 1.82) is 0 Å². The van der Waals surface area contributed by atoms with Gasteiger partial charge in [0.25, 0.3) is 0 Å². The fourth-order valence-electron chi connectivity index (χ4n) is 4.66. The van der Waals surface area contributed by atoms with E-state index in [-0.39, 0.29) is 5.82 Å². The maximum absolute atomic E-state index is 14.7. The van der Waals surface area contributed by atoms with Gasteiger partial charge in [0, 0.05) is 43.0 Å². The summed E-state index contributed by atoms with van der Waals surface area (Å²) in [5.41, 5.74) is 2.56. The number of nitrogens with one attached hydrogen (secondary N) is 1. The van der Waals surface area contributed by atoms with Gasteiger partial charge in [0.1, 0.15) is 17.6 Å². The molecule has 1 N–H and O–H groups in total. The first-order valence-electron chi connectivity index (χ1n) is 12.7. The summed E-state index contributed by atoms with van der Waals surface area (Å²) < 4.78 is 26.0. The Morgan fingerprint density at radius 3 is 2.38 bits per heavy atom. The van der Waals surface area contributed by atoms with Crippen LogP contribution in [0, 0.1) is 5.82 Å². The van der Waals surface area contributed by atoms with E-state index in [9.17, 15) is 4.39 Å². The van der Waals surface area contributed by atoms with Gasteiger partial charge in [0.15, 0.2) is 0 Å². The van der Waals surface area contributed by atoms with Crippen molar-refractivity contribution in [3.05, 3.63) is 96.1 Å². The lowest BCUT2D eigenvalue weighted by Gasteiger charge is -2.36. The van der Waals surface area contributed by atoms with Crippen molar-refractivity contribution >= 4 is 5.69 Å². The minimum absolute atomic E-state index is 0.297. The van der Waals surface area contributed by atoms with E-state index in [0.717, 1.165) is 50.5 Å². The monoisotopic (exact) mass is 501 g/mol. The first kappa shape index (κ1) is 24.9. The number of halogens is 1. The second-order valence-corrected chi connectivity index (χ2v) is 9.10. The van der Waals surface area contributed by atoms with E-state index < -0.39 is 6.04 Å². The molecule has 8 heteroatoms. The molecule has 0 aliphatic carbocycles. The van der Waals surface area contributed by atoms with Crippen LogP contribution < -0.4 is 15.0 Å². The van der Waals surface area contributed by atoms with Crippen molar-refractivity contribution in [1.82, 2.24) is 20.4 Å². The second-order valence-electron chi connectivity index (χ2n) is 9.10. The summed E-state index contributed by atoms with van der Waals surface area (Å²) in [4.78, 5) is 4.88. The molecule has 0 radical (unpaired) electrons. The Morgan fingerprint density at radius 1 is 0.919 bits per heavy atom. The van der Waals surface area contributed by atoms with Gasteiger partial charge < -0.3 is 19.4 Å². The van der Waals surface area contributed by atoms with Crippen LogP contribution in [0.2, 0.25) is 0 Å². The van der Waals surface area contributed by atoms with Gasteiger partial charge in [-0.15, -0.1) is 10.2 Å². The van der Waals surface area contributed by atoms with E-state index in [1.807, 2.05) is 48.5 Å². The van der Waals surface area contributed by atoms with Crippen LogP contribution in [0.5, 0.6) is 5.75 Å². The number of hydrogen-bond donors (Lipinski definition) is 1. The van der Waals surface area contributed by atoms with Crippen molar-refractivity contribution in [3.63, 3.8) is 0 Å². The molecule has 37 heavy (non-hydrogen) atoms. The Balaban J connectivity index is 1.16. The Labute approximate surface area is 216 Å². The van der Waals surface area contributed by atoms with Gasteiger partial charge in [-0.3, -0.25) is 4.90 Å². The summed E-state index contributed by atoms with van der Waals surface area (Å²) in [5.74, 6) is 1.36. The molecule has 3 aromatic carbocycles. The van der Waals surface area contributed by atoms with Gasteiger partial charge in [-0.05, 0) is 62.0 Å². The molecule has 1 atom stereocenters. The van der Waals surface area contributed by atoms with Crippen molar-refractivity contribution in [3.8, 4) is 17.2 Å². The first-order valence-corrected chi connectivity index (χ1v) is 12.7. The van der Waals surface area contributed by atoms with E-state index in [2.05, 4.69) is 37.4 Å². The van der Waals surface area contributed by atoms with E-state index in [1.165, 1.54) is 11.8 Å². The highest BCUT2D eigenvalue weighted by molar-refractivity contribution is 5.52. The molecule has 1 fully saturated rings. The number of aromatic nitrogens is 2. The molecule has 1 aromatic heterocycles. The van der Waals surface area contributed by atoms with E-state index in [0.29, 0.717) is 23.9 Å². The molecular weight excluding hydrogens is 469 g/mol. The van der Waals surface area contributed by atoms with E-state index in [4.69, 9.17) is 9.15 Å². The number of hydrogen-bond acceptors (Lipinski definition) is 7. The van der Waals surface area contributed by atoms with Crippen LogP contribution in [0.15, 0.2) is 83.3 Å². The molecule has 7 nitrogen and oxygen atoms in total. The molecule has 5 rings (SSSR count). The second kappa shape index (κ2) is 12.0. The first-order chi connectivity index (χ1) is 18.2. The molecule has 0 saturated carbocycles. The third kappa shape index (κ3) is 6.15. The highest BCUT2D eigenvalue weighted by Gasteiger charge is 2.24. The third-order valence-corrected chi connectivity index (χ3v) is 6.73. The Hall–Kier alpha value is -3.75. The maximum Gasteiger partial charge on any atom is 0.247 e. The van der Waals surface area contributed by atoms with Crippen LogP contribution in [0.25, 0.3) is 11.5 Å². The Kier molecular flexibility index (Phi) is 8.08. The van der Waals surface area contributed by atoms with Crippen LogP contribution in [-0.4, -0.2) is 61.5 Å². The Bertz CT molecular complexity index is 1260. The van der Waals surface area contributed by atoms with Crippen molar-refractivity contribution in [2.24, 2.45) is 0 Å². The van der Waals surface area contributed by atoms with Crippen molar-refractivity contribution < 1.29 is 13.5 Å². The lowest BCUT2D eigenvalue weighted by Crippen LogP contribution is -2.47. The van der Waals surface area contributed by atoms with Crippen LogP contribution >= 0.6 is 0 Å². The van der Waals surface area contributed by atoms with Crippen molar-refractivity contribution in [2.75, 3.05) is 51.3 Å². The highest BCUT2D eigenvalue weighted by Crippen LogP contribution is 2.27. The van der Waals surface area contributed by atoms with Gasteiger partial charge in [-0.2, -0.15) is 0 Å². The summed E-state index contributed by atoms with van der Waals surface area (Å²) in [6, 6.07) is 24.1. The average molecular weight is 502 g/mol. The lowest BCUT2D eigenvalue weighted by molar-refractivity contribution is 0.252. The molecule has 1 aliphatic rings. The van der Waals surface area contributed by atoms with Gasteiger partial charge in [0.05, 0.1) is 7.11 Å². The smallest absolute Gasteiger partial charge is 0.247 e. The Morgan fingerprint density at radius 2 is 1.65 bits per heavy atom. The normalized spacial score (nSPS) is 15.0. The van der Waals surface area contributed by atoms with Crippen LogP contribution in [0.4, 0.5) is 10.1 Å². The van der Waals surface area contributed by atoms with Crippen LogP contribution in [-0.2, 0) is 0 Å². The van der Waals surface area contributed by atoms with Crippen LogP contribution in [0.3, 0.4) is 0 Å². The van der Waals surface area contributed by atoms with Gasteiger partial charge in [0.2, 0.25) is 11.8 Å². The lowest BCUT2D eigenvalue weighted by atomic mass is 10.1. The molecule has 1 saturated heterocycles. The fourth-order valence-corrected chi connectivity index (χ4v) is 4.66. The maximum atomic E-state index is 14.7. The number of nitrogens with zero attached hydrogens (tertiary/aromatic N) is 4. The molecule has 192 valence electrons. The standard InChI is InChI=1S/C29H32FN5O2/c1-36-24-14-12-23(13-15-24)35-20-18-34(19-21-35)17-7-16-31-27(25-10-5-6-11-26(25)30)29-33-32-28(37-29)22-8-3-2-4-9-22/h2-6,8-15,27,31H,7,16-21H2,1H3/t27-/m1/s1. The molecule has 2 heterocycles. The summed E-state index contributed by atoms with van der Waals surface area (Å²) in [6.07, 6.45) is 0.924. The fraction of sp³-hybridized carbons (Fsp3) is 0.310. The zero-order valence-corrected chi connectivity index (χ0v) is 21.0. The summed E-state index contributed by atoms with van der Waals surface area (Å²) in [5, 5.41) is 11.9. The minimum Gasteiger partial charge on any atom is -0.497 e. The summed E-state index contributed by atoms with van der Waals surface area (Å²) in [6.45, 7) is 5.65. The highest BCUT2D eigenvalue weighted by atomic mass is 19.1. The number of benzene rings is 3. The van der Waals surface area contributed by atoms with Gasteiger partial charge in [-0.25, -0.2) is 4.39 Å². The zero-order valence-electron chi connectivity index (χ0n) is 21.0. The third-order valence-electron chi connectivity index (χ3n) is 6.73. The van der Waals surface area contributed by atoms with Crippen LogP contribution in [0.1, 0.15) is 23.9 Å². The number of ether oxygens (including phenoxy) is 1. The quantitative estimate of drug-likeness (QED) is 0.314. The molecule has 0 unspecified atom stereocenters. The minimum atomic E-state index is -0.516. The molecule has 0 bridgehead atoms. The molecule has 4 aromatic rings. The van der Waals surface area contributed by atoms with Gasteiger partial charge >= 0.3 is 0 Å². The van der Waals surface area contributed by atoms with E-state index in [1.54, 1.807) is 19.2 Å². The predicted octanol–water partition coefficient (Wildman–Crippen LogP) is 4.78. The topological polar surface area (TPSA) is 66.7 Å². The summed E-state index contributed by atoms with van der Waals surface area (Å²) in [7, 11) is 1.69. The van der Waals surface area contributed by atoms with E-state index >= 15 is 0 Å². The number of methoxy groups -OCH3 is 1. The molecule has 1 aliphatic heterocycles. The molecular formula is C29H32FN5O2. The number of rotatable bonds is 10. The largest absolute Gasteiger partial charge is 0.497 e. The summed E-state index contributed by atoms with van der Waals surface area (Å²) >= 11 is 0. The predicted molar refractivity (Wildman–Crippen MR) is 142 cm³/mol.